The minimum Gasteiger partial charge on any atom is -0.390 e. The Morgan fingerprint density at radius 1 is 0.684 bits per heavy atom. The first-order valence-corrected chi connectivity index (χ1v) is 17.6. The first-order valence-electron chi connectivity index (χ1n) is 16.5. The van der Waals surface area contributed by atoms with Crippen molar-refractivity contribution in [3.05, 3.63) is 0 Å². The van der Waals surface area contributed by atoms with E-state index in [-0.39, 0.29) is 12.4 Å². The Morgan fingerprint density at radius 2 is 1.26 bits per heavy atom. The molecule has 1 rings (SSSR count). The molecule has 1 aliphatic heterocycles. The highest BCUT2D eigenvalue weighted by Gasteiger charge is 2.13. The molecule has 2 unspecified atom stereocenters. The van der Waals surface area contributed by atoms with E-state index in [0.717, 1.165) is 70.0 Å². The van der Waals surface area contributed by atoms with Gasteiger partial charge in [-0.25, -0.2) is 0 Å². The van der Waals surface area contributed by atoms with Crippen LogP contribution in [0, 0.1) is 0 Å². The molecule has 38 heavy (non-hydrogen) atoms. The summed E-state index contributed by atoms with van der Waals surface area (Å²) in [4.78, 5) is 0. The smallest absolute Gasteiger partial charge is 0.157 e. The van der Waals surface area contributed by atoms with Crippen molar-refractivity contribution >= 4 is 11.8 Å². The summed E-state index contributed by atoms with van der Waals surface area (Å²) >= 11 is 1.79. The number of aliphatic hydroxyl groups excluding tert-OH is 1. The van der Waals surface area contributed by atoms with Gasteiger partial charge in [0.1, 0.15) is 0 Å². The van der Waals surface area contributed by atoms with Crippen molar-refractivity contribution in [2.45, 2.75) is 154 Å². The molecule has 5 nitrogen and oxygen atoms in total. The molecule has 1 fully saturated rings. The summed E-state index contributed by atoms with van der Waals surface area (Å²) < 4.78 is 22.6. The van der Waals surface area contributed by atoms with Gasteiger partial charge >= 0.3 is 0 Å². The summed E-state index contributed by atoms with van der Waals surface area (Å²) in [6.45, 7) is 6.60. The SMILES string of the molecule is CCCCCCCCCCCCCCCCCCOCC(O)CSCCCOCCCOC1CCCCO1. The Balaban J connectivity index is 1.67. The molecule has 0 saturated carbocycles. The van der Waals surface area contributed by atoms with Gasteiger partial charge in [-0.2, -0.15) is 11.8 Å². The predicted molar refractivity (Wildman–Crippen MR) is 163 cm³/mol. The van der Waals surface area contributed by atoms with E-state index in [1.54, 1.807) is 11.8 Å². The summed E-state index contributed by atoms with van der Waals surface area (Å²) in [5, 5.41) is 10.1. The maximum absolute atomic E-state index is 10.1. The second kappa shape index (κ2) is 30.1. The normalized spacial score (nSPS) is 16.7. The molecule has 1 heterocycles. The molecule has 0 bridgehead atoms. The average molecular weight is 561 g/mol. The molecule has 1 aliphatic rings. The van der Waals surface area contributed by atoms with Gasteiger partial charge in [-0.3, -0.25) is 0 Å². The molecule has 0 aromatic carbocycles. The largest absolute Gasteiger partial charge is 0.390 e. The zero-order chi connectivity index (χ0) is 27.2. The van der Waals surface area contributed by atoms with Crippen LogP contribution in [0.1, 0.15) is 142 Å². The lowest BCUT2D eigenvalue weighted by molar-refractivity contribution is -0.164. The highest BCUT2D eigenvalue weighted by atomic mass is 32.2. The van der Waals surface area contributed by atoms with E-state index in [2.05, 4.69) is 6.92 Å². The summed E-state index contributed by atoms with van der Waals surface area (Å²) in [6.07, 6.45) is 27.1. The van der Waals surface area contributed by atoms with Crippen LogP contribution in [0.3, 0.4) is 0 Å². The fourth-order valence-electron chi connectivity index (χ4n) is 4.82. The number of aliphatic hydroxyl groups is 1. The van der Waals surface area contributed by atoms with Crippen LogP contribution in [0.2, 0.25) is 0 Å². The van der Waals surface area contributed by atoms with E-state index in [4.69, 9.17) is 18.9 Å². The quantitative estimate of drug-likeness (QED) is 0.0887. The number of hydrogen-bond acceptors (Lipinski definition) is 6. The van der Waals surface area contributed by atoms with E-state index >= 15 is 0 Å². The molecule has 228 valence electrons. The van der Waals surface area contributed by atoms with Gasteiger partial charge in [0.25, 0.3) is 0 Å². The Hall–Kier alpha value is 0.150. The summed E-state index contributed by atoms with van der Waals surface area (Å²) in [6, 6.07) is 0. The highest BCUT2D eigenvalue weighted by Crippen LogP contribution is 2.15. The Bertz CT molecular complexity index is 448. The molecule has 2 atom stereocenters. The zero-order valence-electron chi connectivity index (χ0n) is 25.1. The van der Waals surface area contributed by atoms with Crippen molar-refractivity contribution in [2.75, 3.05) is 51.1 Å². The van der Waals surface area contributed by atoms with Crippen molar-refractivity contribution in [1.29, 1.82) is 0 Å². The molecule has 0 radical (unpaired) electrons. The molecule has 0 amide bonds. The minimum atomic E-state index is -0.360. The van der Waals surface area contributed by atoms with E-state index in [0.29, 0.717) is 13.2 Å². The number of ether oxygens (including phenoxy) is 4. The molecular formula is C32H64O5S. The average Bonchev–Trinajstić information content (AvgIpc) is 2.94. The monoisotopic (exact) mass is 560 g/mol. The predicted octanol–water partition coefficient (Wildman–Crippen LogP) is 8.70. The fourth-order valence-corrected chi connectivity index (χ4v) is 5.68. The number of rotatable bonds is 30. The molecule has 1 N–H and O–H groups in total. The van der Waals surface area contributed by atoms with E-state index in [9.17, 15) is 5.11 Å². The lowest BCUT2D eigenvalue weighted by Gasteiger charge is -2.22. The van der Waals surface area contributed by atoms with Gasteiger partial charge in [0.15, 0.2) is 6.29 Å². The van der Waals surface area contributed by atoms with Crippen LogP contribution >= 0.6 is 11.8 Å². The Labute approximate surface area is 240 Å². The third-order valence-corrected chi connectivity index (χ3v) is 8.41. The van der Waals surface area contributed by atoms with Crippen LogP contribution in [0.25, 0.3) is 0 Å². The first-order chi connectivity index (χ1) is 18.8. The summed E-state index contributed by atoms with van der Waals surface area (Å²) in [5.74, 6) is 1.76. The summed E-state index contributed by atoms with van der Waals surface area (Å²) in [7, 11) is 0. The first kappa shape index (κ1) is 36.2. The van der Waals surface area contributed by atoms with Crippen molar-refractivity contribution in [3.8, 4) is 0 Å². The van der Waals surface area contributed by atoms with Crippen molar-refractivity contribution in [3.63, 3.8) is 0 Å². The van der Waals surface area contributed by atoms with Gasteiger partial charge < -0.3 is 24.1 Å². The van der Waals surface area contributed by atoms with Crippen LogP contribution in [0.15, 0.2) is 0 Å². The van der Waals surface area contributed by atoms with Crippen molar-refractivity contribution in [2.24, 2.45) is 0 Å². The fraction of sp³-hybridized carbons (Fsp3) is 1.00. The molecule has 6 heteroatoms. The third-order valence-electron chi connectivity index (χ3n) is 7.21. The third kappa shape index (κ3) is 26.4. The van der Waals surface area contributed by atoms with Crippen LogP contribution in [-0.4, -0.2) is 68.6 Å². The Kier molecular flexibility index (Phi) is 28.7. The lowest BCUT2D eigenvalue weighted by atomic mass is 10.0. The molecule has 0 aromatic rings. The molecule has 0 aromatic heterocycles. The molecule has 0 aliphatic carbocycles. The van der Waals surface area contributed by atoms with Gasteiger partial charge in [0.2, 0.25) is 0 Å². The Morgan fingerprint density at radius 3 is 1.87 bits per heavy atom. The highest BCUT2D eigenvalue weighted by molar-refractivity contribution is 7.99. The molecule has 1 saturated heterocycles. The van der Waals surface area contributed by atoms with Crippen LogP contribution < -0.4 is 0 Å². The maximum atomic E-state index is 10.1. The van der Waals surface area contributed by atoms with Gasteiger partial charge in [-0.05, 0) is 44.3 Å². The molecular weight excluding hydrogens is 496 g/mol. The maximum Gasteiger partial charge on any atom is 0.157 e. The van der Waals surface area contributed by atoms with Crippen LogP contribution in [0.5, 0.6) is 0 Å². The standard InChI is InChI=1S/C32H64O5S/c1-2-3-4-5-6-7-8-9-10-11-12-13-14-15-16-18-23-35-29-31(33)30-38-28-21-25-34-24-20-27-37-32-22-17-19-26-36-32/h31-33H,2-30H2,1H3. The van der Waals surface area contributed by atoms with Crippen LogP contribution in [-0.2, 0) is 18.9 Å². The van der Waals surface area contributed by atoms with Crippen molar-refractivity contribution < 1.29 is 24.1 Å². The topological polar surface area (TPSA) is 57.2 Å². The van der Waals surface area contributed by atoms with Crippen molar-refractivity contribution in [1.82, 2.24) is 0 Å². The summed E-state index contributed by atoms with van der Waals surface area (Å²) in [5.41, 5.74) is 0. The zero-order valence-corrected chi connectivity index (χ0v) is 26.0. The second-order valence-corrected chi connectivity index (χ2v) is 12.2. The second-order valence-electron chi connectivity index (χ2n) is 11.1. The van der Waals surface area contributed by atoms with Gasteiger partial charge in [0.05, 0.1) is 19.3 Å². The van der Waals surface area contributed by atoms with E-state index in [1.165, 1.54) is 103 Å². The van der Waals surface area contributed by atoms with Gasteiger partial charge in [0, 0.05) is 32.2 Å². The molecule has 0 spiro atoms. The van der Waals surface area contributed by atoms with E-state index < -0.39 is 0 Å². The van der Waals surface area contributed by atoms with Gasteiger partial charge in [-0.1, -0.05) is 103 Å². The number of unbranched alkanes of at least 4 members (excludes halogenated alkanes) is 15. The van der Waals surface area contributed by atoms with Gasteiger partial charge in [-0.15, -0.1) is 0 Å². The number of hydrogen-bond donors (Lipinski definition) is 1. The number of thioether (sulfide) groups is 1. The lowest BCUT2D eigenvalue weighted by Crippen LogP contribution is -2.23. The minimum absolute atomic E-state index is 0.00415. The van der Waals surface area contributed by atoms with Crippen LogP contribution in [0.4, 0.5) is 0 Å². The van der Waals surface area contributed by atoms with E-state index in [1.807, 2.05) is 0 Å².